The Hall–Kier alpha value is -3.55. The van der Waals surface area contributed by atoms with Crippen LogP contribution in [0.3, 0.4) is 0 Å². The van der Waals surface area contributed by atoms with Gasteiger partial charge in [0.05, 0.1) is 12.2 Å². The van der Waals surface area contributed by atoms with E-state index in [0.29, 0.717) is 12.4 Å². The first-order chi connectivity index (χ1) is 15.3. The quantitative estimate of drug-likeness (QED) is 0.498. The third-order valence-electron chi connectivity index (χ3n) is 6.11. The predicted octanol–water partition coefficient (Wildman–Crippen LogP) is 3.52. The molecule has 158 valence electrons. The minimum absolute atomic E-state index is 0.0508. The third-order valence-corrected chi connectivity index (χ3v) is 6.11. The molecule has 0 bridgehead atoms. The molecule has 1 saturated carbocycles. The zero-order chi connectivity index (χ0) is 21.0. The van der Waals surface area contributed by atoms with E-state index < -0.39 is 0 Å². The number of imidazole rings is 1. The number of hydrogen-bond acceptors (Lipinski definition) is 5. The molecule has 0 saturated heterocycles. The summed E-state index contributed by atoms with van der Waals surface area (Å²) in [6.07, 6.45) is 12.0. The molecule has 1 N–H and O–H groups in total. The molecular formula is C23H25N7O. The molecule has 1 aromatic carbocycles. The van der Waals surface area contributed by atoms with E-state index in [1.165, 1.54) is 25.7 Å². The number of nitrogens with one attached hydrogen (secondary N) is 1. The summed E-state index contributed by atoms with van der Waals surface area (Å²) >= 11 is 0. The van der Waals surface area contributed by atoms with Crippen molar-refractivity contribution < 1.29 is 0 Å². The number of rotatable bonds is 7. The normalized spacial score (nSPS) is 14.3. The third kappa shape index (κ3) is 4.33. The van der Waals surface area contributed by atoms with Gasteiger partial charge in [-0.1, -0.05) is 49.9 Å². The van der Waals surface area contributed by atoms with Crippen LogP contribution < -0.4 is 5.69 Å². The Morgan fingerprint density at radius 2 is 1.87 bits per heavy atom. The lowest BCUT2D eigenvalue weighted by atomic mass is 10.0. The average Bonchev–Trinajstić information content (AvgIpc) is 3.57. The van der Waals surface area contributed by atoms with Crippen LogP contribution in [0.15, 0.2) is 59.8 Å². The lowest BCUT2D eigenvalue weighted by Gasteiger charge is -2.08. The van der Waals surface area contributed by atoms with Gasteiger partial charge in [0, 0.05) is 36.3 Å². The molecule has 1 fully saturated rings. The Morgan fingerprint density at radius 3 is 2.65 bits per heavy atom. The highest BCUT2D eigenvalue weighted by Gasteiger charge is 2.15. The molecule has 3 heterocycles. The van der Waals surface area contributed by atoms with E-state index in [2.05, 4.69) is 25.6 Å². The number of hydrogen-bond donors (Lipinski definition) is 1. The summed E-state index contributed by atoms with van der Waals surface area (Å²) < 4.78 is 3.59. The van der Waals surface area contributed by atoms with E-state index >= 15 is 0 Å². The minimum Gasteiger partial charge on any atom is -0.299 e. The molecule has 3 aromatic heterocycles. The van der Waals surface area contributed by atoms with Gasteiger partial charge in [-0.25, -0.2) is 4.79 Å². The highest BCUT2D eigenvalue weighted by atomic mass is 16.1. The number of aryl methyl sites for hydroxylation is 1. The fourth-order valence-corrected chi connectivity index (χ4v) is 4.35. The van der Waals surface area contributed by atoms with Crippen LogP contribution >= 0.6 is 0 Å². The fraction of sp³-hybridized carbons (Fsp3) is 0.348. The van der Waals surface area contributed by atoms with Gasteiger partial charge in [0.1, 0.15) is 0 Å². The molecule has 4 aromatic rings. The van der Waals surface area contributed by atoms with E-state index in [1.807, 2.05) is 59.6 Å². The van der Waals surface area contributed by atoms with Crippen molar-refractivity contribution in [3.05, 3.63) is 71.0 Å². The van der Waals surface area contributed by atoms with Crippen LogP contribution in [0.4, 0.5) is 0 Å². The van der Waals surface area contributed by atoms with E-state index in [9.17, 15) is 4.79 Å². The molecule has 0 spiro atoms. The van der Waals surface area contributed by atoms with Crippen molar-refractivity contribution in [1.82, 2.24) is 34.7 Å². The topological polar surface area (TPSA) is 94.3 Å². The van der Waals surface area contributed by atoms with Gasteiger partial charge >= 0.3 is 5.69 Å². The van der Waals surface area contributed by atoms with Crippen LogP contribution in [0, 0.1) is 5.92 Å². The van der Waals surface area contributed by atoms with Gasteiger partial charge in [-0.3, -0.25) is 14.1 Å². The largest absolute Gasteiger partial charge is 0.328 e. The Kier molecular flexibility index (Phi) is 5.43. The fourth-order valence-electron chi connectivity index (χ4n) is 4.35. The maximum absolute atomic E-state index is 12.7. The van der Waals surface area contributed by atoms with Gasteiger partial charge in [0.15, 0.2) is 0 Å². The summed E-state index contributed by atoms with van der Waals surface area (Å²) in [5.74, 6) is 1.33. The van der Waals surface area contributed by atoms with Crippen LogP contribution in [0.1, 0.15) is 37.7 Å². The molecule has 8 nitrogen and oxygen atoms in total. The molecular weight excluding hydrogens is 390 g/mol. The Labute approximate surface area is 180 Å². The number of H-pyrrole nitrogens is 1. The van der Waals surface area contributed by atoms with Gasteiger partial charge < -0.3 is 0 Å². The summed E-state index contributed by atoms with van der Waals surface area (Å²) in [7, 11) is 0. The van der Waals surface area contributed by atoms with Crippen molar-refractivity contribution in [3.8, 4) is 22.6 Å². The van der Waals surface area contributed by atoms with E-state index in [1.54, 1.807) is 4.57 Å². The lowest BCUT2D eigenvalue weighted by molar-refractivity contribution is 0.450. The van der Waals surface area contributed by atoms with Crippen molar-refractivity contribution in [2.75, 3.05) is 0 Å². The minimum atomic E-state index is 0.0508. The van der Waals surface area contributed by atoms with E-state index in [4.69, 9.17) is 0 Å². The first-order valence-electron chi connectivity index (χ1n) is 10.8. The Bertz CT molecular complexity index is 1190. The number of pyridine rings is 1. The smallest absolute Gasteiger partial charge is 0.299 e. The van der Waals surface area contributed by atoms with Gasteiger partial charge in [0.25, 0.3) is 0 Å². The number of aromatic nitrogens is 7. The van der Waals surface area contributed by atoms with Gasteiger partial charge in [-0.15, -0.1) is 10.2 Å². The molecule has 0 aliphatic heterocycles. The standard InChI is InChI=1S/C23H25N7O/c31-23-29(11-10-17-4-1-2-5-17)12-13-30(23)16-18-8-9-21(24-15-18)19-6-3-7-20(14-19)22-25-27-28-26-22/h3,6-9,12-15,17H,1-2,4-5,10-11,16H2,(H,25,26,27,28). The van der Waals surface area contributed by atoms with Crippen molar-refractivity contribution >= 4 is 0 Å². The van der Waals surface area contributed by atoms with Gasteiger partial charge in [-0.2, -0.15) is 5.21 Å². The summed E-state index contributed by atoms with van der Waals surface area (Å²) in [5, 5.41) is 14.1. The zero-order valence-electron chi connectivity index (χ0n) is 17.3. The second-order valence-electron chi connectivity index (χ2n) is 8.21. The first-order valence-corrected chi connectivity index (χ1v) is 10.8. The van der Waals surface area contributed by atoms with Gasteiger partial charge in [-0.05, 0) is 35.2 Å². The molecule has 8 heteroatoms. The number of benzene rings is 1. The summed E-state index contributed by atoms with van der Waals surface area (Å²) in [6, 6.07) is 11.9. The molecule has 0 atom stereocenters. The van der Waals surface area contributed by atoms with Crippen LogP contribution in [0.25, 0.3) is 22.6 Å². The second-order valence-corrected chi connectivity index (χ2v) is 8.21. The zero-order valence-corrected chi connectivity index (χ0v) is 17.3. The maximum Gasteiger partial charge on any atom is 0.328 e. The van der Waals surface area contributed by atoms with Crippen molar-refractivity contribution in [2.45, 2.75) is 45.2 Å². The average molecular weight is 416 g/mol. The summed E-state index contributed by atoms with van der Waals surface area (Å²) in [5.41, 5.74) is 3.76. The SMILES string of the molecule is O=c1n(CCC2CCCC2)ccn1Cc1ccc(-c2cccc(-c3nn[nH]n3)c2)nc1. The molecule has 31 heavy (non-hydrogen) atoms. The van der Waals surface area contributed by atoms with E-state index in [0.717, 1.165) is 41.3 Å². The van der Waals surface area contributed by atoms with E-state index in [-0.39, 0.29) is 5.69 Å². The molecule has 1 aliphatic carbocycles. The van der Waals surface area contributed by atoms with Gasteiger partial charge in [0.2, 0.25) is 5.82 Å². The number of nitrogens with zero attached hydrogens (tertiary/aromatic N) is 6. The maximum atomic E-state index is 12.7. The van der Waals surface area contributed by atoms with Crippen LogP contribution in [-0.4, -0.2) is 34.7 Å². The summed E-state index contributed by atoms with van der Waals surface area (Å²) in [4.78, 5) is 17.3. The van der Waals surface area contributed by atoms with Crippen molar-refractivity contribution in [1.29, 1.82) is 0 Å². The number of tetrazole rings is 1. The number of aromatic amines is 1. The first kappa shape index (κ1) is 19.4. The second kappa shape index (κ2) is 8.67. The highest BCUT2D eigenvalue weighted by molar-refractivity contribution is 5.67. The summed E-state index contributed by atoms with van der Waals surface area (Å²) in [6.45, 7) is 1.33. The Balaban J connectivity index is 1.27. The molecule has 1 aliphatic rings. The predicted molar refractivity (Wildman–Crippen MR) is 117 cm³/mol. The van der Waals surface area contributed by atoms with Crippen LogP contribution in [0.2, 0.25) is 0 Å². The highest BCUT2D eigenvalue weighted by Crippen LogP contribution is 2.27. The Morgan fingerprint density at radius 1 is 1.03 bits per heavy atom. The lowest BCUT2D eigenvalue weighted by Crippen LogP contribution is -2.25. The van der Waals surface area contributed by atoms with Crippen LogP contribution in [-0.2, 0) is 13.1 Å². The van der Waals surface area contributed by atoms with Crippen molar-refractivity contribution in [3.63, 3.8) is 0 Å². The molecule has 0 amide bonds. The molecule has 0 unspecified atom stereocenters. The van der Waals surface area contributed by atoms with Crippen molar-refractivity contribution in [2.24, 2.45) is 5.92 Å². The van der Waals surface area contributed by atoms with Crippen LogP contribution in [0.5, 0.6) is 0 Å². The molecule has 0 radical (unpaired) electrons. The molecule has 5 rings (SSSR count). The monoisotopic (exact) mass is 415 g/mol.